The van der Waals surface area contributed by atoms with Crippen molar-refractivity contribution < 1.29 is 81.4 Å². The fourth-order valence-electron chi connectivity index (χ4n) is 1.06. The standard InChI is InChI=1S/C6H9NO6.K/c8-2-1(6(12)13)7-5(11)4(10)3(2)9;/h1-4,8-10H,(H,7,11)(H,12,13);/q;+1/p-1/t1-,2-,3+,4-;/m1./s1. The Labute approximate surface area is 122 Å². The number of aliphatic hydroxyl groups excluding tert-OH is 3. The molecule has 1 rings (SSSR count). The van der Waals surface area contributed by atoms with Crippen LogP contribution in [0.15, 0.2) is 0 Å². The van der Waals surface area contributed by atoms with Gasteiger partial charge in [-0.25, -0.2) is 0 Å². The molecule has 1 aliphatic heterocycles. The molecule has 0 bridgehead atoms. The van der Waals surface area contributed by atoms with Gasteiger partial charge < -0.3 is 30.5 Å². The van der Waals surface area contributed by atoms with E-state index in [-0.39, 0.29) is 51.4 Å². The molecule has 0 saturated carbocycles. The summed E-state index contributed by atoms with van der Waals surface area (Å²) >= 11 is 0. The second-order valence-corrected chi connectivity index (χ2v) is 2.73. The van der Waals surface area contributed by atoms with E-state index in [0.29, 0.717) is 0 Å². The minimum Gasteiger partial charge on any atom is -0.548 e. The molecule has 4 atom stereocenters. The van der Waals surface area contributed by atoms with Gasteiger partial charge in [0.15, 0.2) is 6.10 Å². The van der Waals surface area contributed by atoms with Crippen molar-refractivity contribution in [1.82, 2.24) is 5.32 Å². The van der Waals surface area contributed by atoms with Crippen LogP contribution in [0.1, 0.15) is 0 Å². The zero-order valence-electron chi connectivity index (χ0n) is 7.38. The van der Waals surface area contributed by atoms with Crippen molar-refractivity contribution >= 4 is 11.9 Å². The van der Waals surface area contributed by atoms with E-state index in [4.69, 9.17) is 15.3 Å². The van der Waals surface area contributed by atoms with Crippen molar-refractivity contribution in [3.05, 3.63) is 0 Å². The first-order valence-corrected chi connectivity index (χ1v) is 3.50. The molecule has 0 radical (unpaired) electrons. The summed E-state index contributed by atoms with van der Waals surface area (Å²) in [7, 11) is 0. The van der Waals surface area contributed by atoms with Crippen LogP contribution in [0.25, 0.3) is 0 Å². The number of nitrogens with one attached hydrogen (secondary N) is 1. The van der Waals surface area contributed by atoms with Gasteiger partial charge in [0.25, 0.3) is 5.91 Å². The monoisotopic (exact) mass is 229 g/mol. The maximum absolute atomic E-state index is 10.7. The first-order valence-electron chi connectivity index (χ1n) is 3.50. The molecule has 7 nitrogen and oxygen atoms in total. The van der Waals surface area contributed by atoms with Crippen molar-refractivity contribution in [3.63, 3.8) is 0 Å². The van der Waals surface area contributed by atoms with E-state index in [1.54, 1.807) is 5.32 Å². The molecule has 14 heavy (non-hydrogen) atoms. The number of carboxylic acid groups (broad SMARTS) is 1. The maximum atomic E-state index is 10.7. The van der Waals surface area contributed by atoms with Gasteiger partial charge in [-0.1, -0.05) is 0 Å². The molecule has 1 heterocycles. The van der Waals surface area contributed by atoms with Gasteiger partial charge in [0.2, 0.25) is 0 Å². The van der Waals surface area contributed by atoms with Gasteiger partial charge in [-0.2, -0.15) is 0 Å². The number of rotatable bonds is 1. The van der Waals surface area contributed by atoms with Gasteiger partial charge in [0.05, 0.1) is 12.0 Å². The predicted octanol–water partition coefficient (Wildman–Crippen LogP) is -7.68. The zero-order chi connectivity index (χ0) is 10.2. The van der Waals surface area contributed by atoms with Crippen LogP contribution in [0.4, 0.5) is 0 Å². The molecule has 1 amide bonds. The number of aliphatic carboxylic acids is 1. The Balaban J connectivity index is 0.00000169. The van der Waals surface area contributed by atoms with Crippen molar-refractivity contribution in [3.8, 4) is 0 Å². The average molecular weight is 229 g/mol. The van der Waals surface area contributed by atoms with Crippen LogP contribution >= 0.6 is 0 Å². The Morgan fingerprint density at radius 2 is 1.79 bits per heavy atom. The Bertz CT molecular complexity index is 246. The van der Waals surface area contributed by atoms with Gasteiger partial charge in [-0.15, -0.1) is 0 Å². The second-order valence-electron chi connectivity index (χ2n) is 2.73. The number of hydrogen-bond acceptors (Lipinski definition) is 6. The fraction of sp³-hybridized carbons (Fsp3) is 0.667. The molecule has 8 heteroatoms. The van der Waals surface area contributed by atoms with Crippen molar-refractivity contribution in [1.29, 1.82) is 0 Å². The molecule has 0 aliphatic carbocycles. The average Bonchev–Trinajstić information content (AvgIpc) is 2.07. The molecule has 1 saturated heterocycles. The molecular formula is C6H8KNO6. The molecule has 1 fully saturated rings. The Hall–Kier alpha value is 0.456. The van der Waals surface area contributed by atoms with Crippen molar-refractivity contribution in [2.75, 3.05) is 0 Å². The number of aliphatic hydroxyl groups is 3. The van der Waals surface area contributed by atoms with E-state index in [1.807, 2.05) is 0 Å². The quantitative estimate of drug-likeness (QED) is 0.330. The van der Waals surface area contributed by atoms with Crippen LogP contribution in [0, 0.1) is 0 Å². The molecule has 4 N–H and O–H groups in total. The molecule has 0 aromatic rings. The van der Waals surface area contributed by atoms with Crippen LogP contribution in [-0.4, -0.2) is 51.5 Å². The Morgan fingerprint density at radius 1 is 1.29 bits per heavy atom. The first-order chi connectivity index (χ1) is 5.95. The normalized spacial score (nSPS) is 36.9. The summed E-state index contributed by atoms with van der Waals surface area (Å²) in [5.41, 5.74) is 0. The van der Waals surface area contributed by atoms with E-state index in [2.05, 4.69) is 0 Å². The van der Waals surface area contributed by atoms with Gasteiger partial charge in [0, 0.05) is 0 Å². The SMILES string of the molecule is O=C1N[C@@H](C(=O)[O-])[C@@H](O)[C@H](O)[C@H]1O.[K+]. The number of amides is 1. The third kappa shape index (κ3) is 2.73. The van der Waals surface area contributed by atoms with E-state index in [1.165, 1.54) is 0 Å². The molecule has 74 valence electrons. The number of carbonyl (C=O) groups excluding carboxylic acids is 2. The molecule has 1 aliphatic rings. The minimum atomic E-state index is -1.81. The van der Waals surface area contributed by atoms with E-state index >= 15 is 0 Å². The molecular weight excluding hydrogens is 221 g/mol. The number of carbonyl (C=O) groups is 2. The van der Waals surface area contributed by atoms with Crippen LogP contribution in [0.3, 0.4) is 0 Å². The van der Waals surface area contributed by atoms with Gasteiger partial charge in [-0.05, 0) is 0 Å². The largest absolute Gasteiger partial charge is 1.00 e. The number of piperidine rings is 1. The third-order valence-corrected chi connectivity index (χ3v) is 1.84. The summed E-state index contributed by atoms with van der Waals surface area (Å²) in [5, 5.41) is 39.0. The van der Waals surface area contributed by atoms with Crippen molar-refractivity contribution in [2.45, 2.75) is 24.4 Å². The summed E-state index contributed by atoms with van der Waals surface area (Å²) in [6, 6.07) is -1.69. The van der Waals surface area contributed by atoms with Crippen LogP contribution in [0.5, 0.6) is 0 Å². The van der Waals surface area contributed by atoms with Gasteiger partial charge in [0.1, 0.15) is 12.2 Å². The minimum absolute atomic E-state index is 0. The Kier molecular flexibility index (Phi) is 5.70. The van der Waals surface area contributed by atoms with Crippen molar-refractivity contribution in [2.24, 2.45) is 0 Å². The molecule has 0 aromatic carbocycles. The maximum Gasteiger partial charge on any atom is 1.00 e. The molecule has 0 aromatic heterocycles. The summed E-state index contributed by atoms with van der Waals surface area (Å²) in [6.45, 7) is 0. The summed E-state index contributed by atoms with van der Waals surface area (Å²) in [5.74, 6) is -2.76. The second kappa shape index (κ2) is 5.52. The zero-order valence-corrected chi connectivity index (χ0v) is 10.5. The molecule has 0 spiro atoms. The third-order valence-electron chi connectivity index (χ3n) is 1.84. The number of carboxylic acids is 1. The van der Waals surface area contributed by atoms with E-state index in [9.17, 15) is 14.7 Å². The van der Waals surface area contributed by atoms with Crippen LogP contribution in [0.2, 0.25) is 0 Å². The summed E-state index contributed by atoms with van der Waals surface area (Å²) < 4.78 is 0. The van der Waals surface area contributed by atoms with E-state index in [0.717, 1.165) is 0 Å². The summed E-state index contributed by atoms with van der Waals surface area (Å²) in [4.78, 5) is 21.0. The van der Waals surface area contributed by atoms with Gasteiger partial charge >= 0.3 is 51.4 Å². The smallest absolute Gasteiger partial charge is 0.548 e. The Morgan fingerprint density at radius 3 is 2.21 bits per heavy atom. The summed E-state index contributed by atoms with van der Waals surface area (Å²) in [6.07, 6.45) is -5.39. The van der Waals surface area contributed by atoms with Crippen LogP contribution in [-0.2, 0) is 9.59 Å². The van der Waals surface area contributed by atoms with E-state index < -0.39 is 36.2 Å². The number of hydrogen-bond donors (Lipinski definition) is 4. The topological polar surface area (TPSA) is 130 Å². The predicted molar refractivity (Wildman–Crippen MR) is 35.0 cm³/mol. The van der Waals surface area contributed by atoms with Gasteiger partial charge in [-0.3, -0.25) is 4.79 Å². The first kappa shape index (κ1) is 14.5. The fourth-order valence-corrected chi connectivity index (χ4v) is 1.06. The van der Waals surface area contributed by atoms with Crippen LogP contribution < -0.4 is 61.8 Å². The molecule has 0 unspecified atom stereocenters.